The molecule has 0 unspecified atom stereocenters. The Labute approximate surface area is 275 Å². The predicted molar refractivity (Wildman–Crippen MR) is 185 cm³/mol. The highest BCUT2D eigenvalue weighted by Crippen LogP contribution is 2.14. The Hall–Kier alpha value is -6.52. The first-order valence-corrected chi connectivity index (χ1v) is 13.6. The summed E-state index contributed by atoms with van der Waals surface area (Å²) >= 11 is 0. The summed E-state index contributed by atoms with van der Waals surface area (Å²) in [5, 5.41) is 28.9. The number of carbonyl (C=O) groups is 2. The van der Waals surface area contributed by atoms with E-state index in [1.165, 1.54) is 61.0 Å². The highest BCUT2D eigenvalue weighted by molar-refractivity contribution is 5.95. The van der Waals surface area contributed by atoms with Crippen LogP contribution in [0.1, 0.15) is 31.8 Å². The van der Waals surface area contributed by atoms with E-state index in [4.69, 9.17) is 0 Å². The molecule has 0 aromatic heterocycles. The molecule has 0 aliphatic rings. The summed E-state index contributed by atoms with van der Waals surface area (Å²) < 4.78 is 0. The minimum absolute atomic E-state index is 0. The Kier molecular flexibility index (Phi) is 15.7. The second-order valence-electron chi connectivity index (χ2n) is 9.98. The molecule has 0 aliphatic carbocycles. The maximum atomic E-state index is 11.9. The molecule has 0 spiro atoms. The number of amides is 2. The fraction of sp³-hybridized carbons (Fsp3) is 0.125. The lowest BCUT2D eigenvalue weighted by Gasteiger charge is -2.11. The number of rotatable bonds is 10. The van der Waals surface area contributed by atoms with Gasteiger partial charge in [0.15, 0.2) is 0 Å². The molecule has 2 amide bonds. The van der Waals surface area contributed by atoms with Crippen molar-refractivity contribution < 1.29 is 30.4 Å². The van der Waals surface area contributed by atoms with Crippen LogP contribution in [0.15, 0.2) is 107 Å². The van der Waals surface area contributed by atoms with Gasteiger partial charge in [0, 0.05) is 75.0 Å². The van der Waals surface area contributed by atoms with E-state index in [-0.39, 0.29) is 22.3 Å². The second-order valence-corrected chi connectivity index (χ2v) is 9.98. The van der Waals surface area contributed by atoms with Gasteiger partial charge in [-0.2, -0.15) is 10.2 Å². The molecular formula is C32H36N8O8. The van der Waals surface area contributed by atoms with Crippen molar-refractivity contribution in [3.63, 3.8) is 0 Å². The van der Waals surface area contributed by atoms with Crippen LogP contribution in [0.2, 0.25) is 0 Å². The van der Waals surface area contributed by atoms with Gasteiger partial charge in [-0.05, 0) is 59.7 Å². The van der Waals surface area contributed by atoms with Crippen molar-refractivity contribution in [3.05, 3.63) is 140 Å². The third kappa shape index (κ3) is 12.1. The largest absolute Gasteiger partial charge is 0.412 e. The lowest BCUT2D eigenvalue weighted by atomic mass is 10.2. The van der Waals surface area contributed by atoms with Gasteiger partial charge in [-0.15, -0.1) is 0 Å². The normalized spacial score (nSPS) is 10.1. The molecule has 0 atom stereocenters. The standard InChI is InChI=1S/2C16H16N4O3.2H2O/c2*1-19(2)14-7-3-12(4-8-14)11-17-18-16(21)13-5-9-15(10-6-13)20(22)23;;/h2*3-11H,1-2H3,(H,18,21);2*1H2/b2*17-11+;;. The monoisotopic (exact) mass is 660 g/mol. The maximum Gasteiger partial charge on any atom is 0.271 e. The van der Waals surface area contributed by atoms with Crippen LogP contribution in [0.4, 0.5) is 22.7 Å². The zero-order chi connectivity index (χ0) is 33.6. The van der Waals surface area contributed by atoms with Gasteiger partial charge in [-0.1, -0.05) is 24.3 Å². The molecule has 0 radical (unpaired) electrons. The van der Waals surface area contributed by atoms with Gasteiger partial charge in [0.2, 0.25) is 0 Å². The first kappa shape index (κ1) is 39.5. The van der Waals surface area contributed by atoms with Crippen molar-refractivity contribution >= 4 is 47.0 Å². The third-order valence-electron chi connectivity index (χ3n) is 6.26. The van der Waals surface area contributed by atoms with E-state index in [0.29, 0.717) is 11.1 Å². The van der Waals surface area contributed by atoms with Crippen molar-refractivity contribution in [2.24, 2.45) is 10.2 Å². The number of carbonyl (C=O) groups excluding carboxylic acids is 2. The van der Waals surface area contributed by atoms with Crippen molar-refractivity contribution in [1.29, 1.82) is 0 Å². The lowest BCUT2D eigenvalue weighted by molar-refractivity contribution is -0.385. The molecule has 0 bridgehead atoms. The Morgan fingerprint density at radius 1 is 0.562 bits per heavy atom. The van der Waals surface area contributed by atoms with Crippen molar-refractivity contribution in [2.75, 3.05) is 38.0 Å². The van der Waals surface area contributed by atoms with E-state index in [1.807, 2.05) is 86.5 Å². The average molecular weight is 661 g/mol. The SMILES string of the molecule is CN(C)c1ccc(/C=N/NC(=O)c2ccc([N+](=O)[O-])cc2)cc1.CN(C)c1ccc(/C=N/NC(=O)c2ccc([N+](=O)[O-])cc2)cc1.O.O. The molecule has 4 rings (SSSR count). The Balaban J connectivity index is 0.000000461. The van der Waals surface area contributed by atoms with Crippen LogP contribution in [0.25, 0.3) is 0 Å². The van der Waals surface area contributed by atoms with Crippen molar-refractivity contribution in [2.45, 2.75) is 0 Å². The number of hydrazone groups is 2. The Morgan fingerprint density at radius 3 is 1.10 bits per heavy atom. The van der Waals surface area contributed by atoms with Crippen LogP contribution in [0.5, 0.6) is 0 Å². The first-order chi connectivity index (χ1) is 21.9. The molecule has 6 N–H and O–H groups in total. The van der Waals surface area contributed by atoms with Crippen LogP contribution in [0, 0.1) is 20.2 Å². The van der Waals surface area contributed by atoms with Gasteiger partial charge in [0.25, 0.3) is 23.2 Å². The number of nitro groups is 2. The average Bonchev–Trinajstić information content (AvgIpc) is 3.05. The molecule has 0 saturated carbocycles. The van der Waals surface area contributed by atoms with Gasteiger partial charge < -0.3 is 20.8 Å². The minimum atomic E-state index is -0.517. The van der Waals surface area contributed by atoms with E-state index in [2.05, 4.69) is 21.1 Å². The summed E-state index contributed by atoms with van der Waals surface area (Å²) in [6.45, 7) is 0. The van der Waals surface area contributed by atoms with Crippen LogP contribution >= 0.6 is 0 Å². The topological polar surface area (TPSA) is 239 Å². The highest BCUT2D eigenvalue weighted by atomic mass is 16.6. The molecule has 4 aromatic rings. The molecule has 16 nitrogen and oxygen atoms in total. The summed E-state index contributed by atoms with van der Waals surface area (Å²) in [5.74, 6) is -0.859. The summed E-state index contributed by atoms with van der Waals surface area (Å²) in [5.41, 5.74) is 9.07. The number of nitro benzene ring substituents is 2. The molecule has 4 aromatic carbocycles. The molecule has 0 aliphatic heterocycles. The molecule has 0 heterocycles. The van der Waals surface area contributed by atoms with Gasteiger partial charge in [-0.3, -0.25) is 29.8 Å². The quantitative estimate of drug-likeness (QED) is 0.145. The number of non-ortho nitro benzene ring substituents is 2. The molecule has 48 heavy (non-hydrogen) atoms. The number of hydrogen-bond acceptors (Lipinski definition) is 10. The summed E-state index contributed by atoms with van der Waals surface area (Å²) in [6.07, 6.45) is 3.06. The summed E-state index contributed by atoms with van der Waals surface area (Å²) in [6, 6.07) is 26.0. The van der Waals surface area contributed by atoms with Crippen LogP contribution in [0.3, 0.4) is 0 Å². The molecular weight excluding hydrogens is 624 g/mol. The zero-order valence-corrected chi connectivity index (χ0v) is 26.5. The van der Waals surface area contributed by atoms with E-state index in [9.17, 15) is 29.8 Å². The van der Waals surface area contributed by atoms with Crippen LogP contribution in [-0.4, -0.2) is 73.2 Å². The third-order valence-corrected chi connectivity index (χ3v) is 6.26. The van der Waals surface area contributed by atoms with Crippen LogP contribution < -0.4 is 20.7 Å². The van der Waals surface area contributed by atoms with Gasteiger partial charge in [-0.25, -0.2) is 10.9 Å². The lowest BCUT2D eigenvalue weighted by Crippen LogP contribution is -2.17. The Bertz CT molecular complexity index is 1580. The van der Waals surface area contributed by atoms with E-state index in [1.54, 1.807) is 0 Å². The zero-order valence-electron chi connectivity index (χ0n) is 26.5. The number of benzene rings is 4. The van der Waals surface area contributed by atoms with E-state index < -0.39 is 21.7 Å². The van der Waals surface area contributed by atoms with E-state index in [0.717, 1.165) is 22.5 Å². The van der Waals surface area contributed by atoms with Gasteiger partial charge >= 0.3 is 0 Å². The Morgan fingerprint density at radius 2 is 0.854 bits per heavy atom. The van der Waals surface area contributed by atoms with E-state index >= 15 is 0 Å². The smallest absolute Gasteiger partial charge is 0.271 e. The van der Waals surface area contributed by atoms with Gasteiger partial charge in [0.1, 0.15) is 0 Å². The molecule has 16 heteroatoms. The first-order valence-electron chi connectivity index (χ1n) is 13.6. The van der Waals surface area contributed by atoms with Crippen molar-refractivity contribution in [3.8, 4) is 0 Å². The molecule has 0 fully saturated rings. The number of anilines is 2. The van der Waals surface area contributed by atoms with Gasteiger partial charge in [0.05, 0.1) is 22.3 Å². The fourth-order valence-electron chi connectivity index (χ4n) is 3.65. The molecule has 252 valence electrons. The molecule has 0 saturated heterocycles. The van der Waals surface area contributed by atoms with Crippen LogP contribution in [-0.2, 0) is 0 Å². The number of nitrogens with zero attached hydrogens (tertiary/aromatic N) is 6. The highest BCUT2D eigenvalue weighted by Gasteiger charge is 2.09. The maximum absolute atomic E-state index is 11.9. The predicted octanol–water partition coefficient (Wildman–Crippen LogP) is 3.20. The summed E-state index contributed by atoms with van der Waals surface area (Å²) in [7, 11) is 7.81. The second kappa shape index (κ2) is 19.1. The number of hydrogen-bond donors (Lipinski definition) is 2. The van der Waals surface area contributed by atoms with Crippen molar-refractivity contribution in [1.82, 2.24) is 10.9 Å². The minimum Gasteiger partial charge on any atom is -0.412 e. The summed E-state index contributed by atoms with van der Waals surface area (Å²) in [4.78, 5) is 47.8. The fourth-order valence-corrected chi connectivity index (χ4v) is 3.65. The number of nitrogens with one attached hydrogen (secondary N) is 2.